The topological polar surface area (TPSA) is 34.9 Å². The highest BCUT2D eigenvalue weighted by Gasteiger charge is 2.07. The van der Waals surface area contributed by atoms with Crippen LogP contribution >= 0.6 is 11.3 Å². The van der Waals surface area contributed by atoms with E-state index in [4.69, 9.17) is 0 Å². The van der Waals surface area contributed by atoms with Crippen LogP contribution in [0.5, 0.6) is 0 Å². The van der Waals surface area contributed by atoms with Crippen LogP contribution in [0.2, 0.25) is 0 Å². The van der Waals surface area contributed by atoms with Gasteiger partial charge in [-0.15, -0.1) is 11.3 Å². The van der Waals surface area contributed by atoms with Gasteiger partial charge in [0, 0.05) is 11.4 Å². The average molecular weight is 222 g/mol. The number of thiophene rings is 1. The third-order valence-electron chi connectivity index (χ3n) is 2.20. The molecule has 4 heteroatoms. The number of hydrogen-bond donors (Lipinski definition) is 0. The quantitative estimate of drug-likeness (QED) is 0.782. The minimum Gasteiger partial charge on any atom is -0.298 e. The van der Waals surface area contributed by atoms with Crippen molar-refractivity contribution in [3.8, 4) is 0 Å². The average Bonchev–Trinajstić information content (AvgIpc) is 2.51. The van der Waals surface area contributed by atoms with Crippen LogP contribution in [0.4, 0.5) is 0 Å². The molecule has 0 amide bonds. The molecule has 0 aliphatic rings. The van der Waals surface area contributed by atoms with Crippen LogP contribution in [-0.2, 0) is 6.54 Å². The molecule has 0 bridgehead atoms. The largest absolute Gasteiger partial charge is 0.298 e. The normalized spacial score (nSPS) is 11.5. The summed E-state index contributed by atoms with van der Waals surface area (Å²) in [6.07, 6.45) is 1.65. The SMILES string of the molecule is Cc1cc2c(=O)n(CC(C)C)cnc2s1. The molecule has 2 aromatic rings. The molecule has 2 heterocycles. The number of aromatic nitrogens is 2. The van der Waals surface area contributed by atoms with Gasteiger partial charge in [-0.3, -0.25) is 9.36 Å². The predicted molar refractivity (Wildman–Crippen MR) is 63.5 cm³/mol. The molecule has 0 spiro atoms. The molecule has 0 N–H and O–H groups in total. The van der Waals surface area contributed by atoms with Crippen molar-refractivity contribution >= 4 is 21.6 Å². The molecule has 2 rings (SSSR count). The van der Waals surface area contributed by atoms with E-state index in [2.05, 4.69) is 18.8 Å². The molecule has 3 nitrogen and oxygen atoms in total. The fourth-order valence-electron chi connectivity index (χ4n) is 1.60. The van der Waals surface area contributed by atoms with Crippen LogP contribution in [0.25, 0.3) is 10.2 Å². The molecule has 0 aliphatic heterocycles. The second kappa shape index (κ2) is 3.77. The molecular weight excluding hydrogens is 208 g/mol. The molecule has 0 saturated heterocycles. The lowest BCUT2D eigenvalue weighted by molar-refractivity contribution is 0.508. The van der Waals surface area contributed by atoms with Crippen molar-refractivity contribution < 1.29 is 0 Å². The van der Waals surface area contributed by atoms with Crippen molar-refractivity contribution in [3.63, 3.8) is 0 Å². The lowest BCUT2D eigenvalue weighted by Gasteiger charge is -2.07. The Morgan fingerprint density at radius 3 is 2.93 bits per heavy atom. The van der Waals surface area contributed by atoms with Gasteiger partial charge in [0.2, 0.25) is 0 Å². The van der Waals surface area contributed by atoms with Gasteiger partial charge in [-0.05, 0) is 18.9 Å². The van der Waals surface area contributed by atoms with Crippen molar-refractivity contribution in [2.45, 2.75) is 27.3 Å². The van der Waals surface area contributed by atoms with Gasteiger partial charge in [0.25, 0.3) is 5.56 Å². The minimum atomic E-state index is 0.0815. The van der Waals surface area contributed by atoms with E-state index in [9.17, 15) is 4.79 Å². The highest BCUT2D eigenvalue weighted by Crippen LogP contribution is 2.19. The Bertz CT molecular complexity index is 539. The Labute approximate surface area is 92.4 Å². The van der Waals surface area contributed by atoms with Crippen LogP contribution in [0.15, 0.2) is 17.2 Å². The molecule has 15 heavy (non-hydrogen) atoms. The van der Waals surface area contributed by atoms with E-state index < -0.39 is 0 Å². The van der Waals surface area contributed by atoms with E-state index in [-0.39, 0.29) is 5.56 Å². The Morgan fingerprint density at radius 1 is 1.53 bits per heavy atom. The van der Waals surface area contributed by atoms with Gasteiger partial charge in [0.15, 0.2) is 0 Å². The molecule has 0 radical (unpaired) electrons. The molecular formula is C11H14N2OS. The predicted octanol–water partition coefficient (Wildman–Crippen LogP) is 2.42. The van der Waals surface area contributed by atoms with E-state index >= 15 is 0 Å². The lowest BCUT2D eigenvalue weighted by Crippen LogP contribution is -2.22. The van der Waals surface area contributed by atoms with E-state index in [0.717, 1.165) is 21.6 Å². The molecule has 80 valence electrons. The zero-order valence-electron chi connectivity index (χ0n) is 9.15. The highest BCUT2D eigenvalue weighted by molar-refractivity contribution is 7.18. The molecule has 0 saturated carbocycles. The second-order valence-corrected chi connectivity index (χ2v) is 5.41. The molecule has 0 atom stereocenters. The fraction of sp³-hybridized carbons (Fsp3) is 0.455. The Balaban J connectivity index is 2.59. The summed E-state index contributed by atoms with van der Waals surface area (Å²) in [7, 11) is 0. The lowest BCUT2D eigenvalue weighted by atomic mass is 10.2. The third kappa shape index (κ3) is 1.95. The van der Waals surface area contributed by atoms with Gasteiger partial charge in [-0.25, -0.2) is 4.98 Å². The zero-order chi connectivity index (χ0) is 11.0. The maximum Gasteiger partial charge on any atom is 0.262 e. The minimum absolute atomic E-state index is 0.0815. The zero-order valence-corrected chi connectivity index (χ0v) is 9.97. The number of fused-ring (bicyclic) bond motifs is 1. The number of nitrogens with zero attached hydrogens (tertiary/aromatic N) is 2. The van der Waals surface area contributed by atoms with Crippen LogP contribution in [0.3, 0.4) is 0 Å². The van der Waals surface area contributed by atoms with Gasteiger partial charge >= 0.3 is 0 Å². The van der Waals surface area contributed by atoms with Gasteiger partial charge in [0.05, 0.1) is 11.7 Å². The number of aryl methyl sites for hydroxylation is 1. The maximum atomic E-state index is 12.0. The summed E-state index contributed by atoms with van der Waals surface area (Å²) < 4.78 is 1.69. The van der Waals surface area contributed by atoms with E-state index in [1.165, 1.54) is 0 Å². The van der Waals surface area contributed by atoms with Gasteiger partial charge in [-0.2, -0.15) is 0 Å². The first-order chi connectivity index (χ1) is 7.08. The summed E-state index contributed by atoms with van der Waals surface area (Å²) in [5.41, 5.74) is 0.0815. The van der Waals surface area contributed by atoms with Crippen molar-refractivity contribution in [2.75, 3.05) is 0 Å². The van der Waals surface area contributed by atoms with Crippen LogP contribution < -0.4 is 5.56 Å². The second-order valence-electron chi connectivity index (χ2n) is 4.17. The maximum absolute atomic E-state index is 12.0. The van der Waals surface area contributed by atoms with Gasteiger partial charge in [0.1, 0.15) is 4.83 Å². The van der Waals surface area contributed by atoms with Crippen LogP contribution in [-0.4, -0.2) is 9.55 Å². The summed E-state index contributed by atoms with van der Waals surface area (Å²) in [5.74, 6) is 0.460. The summed E-state index contributed by atoms with van der Waals surface area (Å²) in [6, 6.07) is 1.92. The molecule has 0 aliphatic carbocycles. The van der Waals surface area contributed by atoms with Crippen LogP contribution in [0, 0.1) is 12.8 Å². The van der Waals surface area contributed by atoms with E-state index in [0.29, 0.717) is 5.92 Å². The molecule has 2 aromatic heterocycles. The van der Waals surface area contributed by atoms with Crippen molar-refractivity contribution in [1.29, 1.82) is 0 Å². The summed E-state index contributed by atoms with van der Waals surface area (Å²) in [4.78, 5) is 18.3. The summed E-state index contributed by atoms with van der Waals surface area (Å²) >= 11 is 1.57. The molecule has 0 aromatic carbocycles. The van der Waals surface area contributed by atoms with E-state index in [1.807, 2.05) is 13.0 Å². The van der Waals surface area contributed by atoms with Crippen molar-refractivity contribution in [3.05, 3.63) is 27.6 Å². The first-order valence-corrected chi connectivity index (χ1v) is 5.85. The Kier molecular flexibility index (Phi) is 2.61. The third-order valence-corrected chi connectivity index (χ3v) is 3.16. The first kappa shape index (κ1) is 10.4. The molecule has 0 unspecified atom stereocenters. The Morgan fingerprint density at radius 2 is 2.27 bits per heavy atom. The first-order valence-electron chi connectivity index (χ1n) is 5.03. The Hall–Kier alpha value is -1.16. The summed E-state index contributed by atoms with van der Waals surface area (Å²) in [5, 5.41) is 0.751. The van der Waals surface area contributed by atoms with Crippen molar-refractivity contribution in [1.82, 2.24) is 9.55 Å². The number of hydrogen-bond acceptors (Lipinski definition) is 3. The van der Waals surface area contributed by atoms with Crippen LogP contribution in [0.1, 0.15) is 18.7 Å². The monoisotopic (exact) mass is 222 g/mol. The highest BCUT2D eigenvalue weighted by atomic mass is 32.1. The standard InChI is InChI=1S/C11H14N2OS/c1-7(2)5-13-6-12-10-9(11(13)14)4-8(3)15-10/h4,6-7H,5H2,1-3H3. The fourth-order valence-corrected chi connectivity index (χ4v) is 2.44. The van der Waals surface area contributed by atoms with E-state index in [1.54, 1.807) is 22.2 Å². The summed E-state index contributed by atoms with van der Waals surface area (Å²) in [6.45, 7) is 6.92. The van der Waals surface area contributed by atoms with Gasteiger partial charge < -0.3 is 0 Å². The van der Waals surface area contributed by atoms with Crippen molar-refractivity contribution in [2.24, 2.45) is 5.92 Å². The number of rotatable bonds is 2. The van der Waals surface area contributed by atoms with Gasteiger partial charge in [-0.1, -0.05) is 13.8 Å². The molecule has 0 fully saturated rings. The smallest absolute Gasteiger partial charge is 0.262 e.